The monoisotopic (exact) mass is 304 g/mol. The van der Waals surface area contributed by atoms with E-state index in [1.807, 2.05) is 30.4 Å². The lowest BCUT2D eigenvalue weighted by Gasteiger charge is -2.21. The zero-order valence-electron chi connectivity index (χ0n) is 10.7. The van der Waals surface area contributed by atoms with Gasteiger partial charge in [0, 0.05) is 27.3 Å². The van der Waals surface area contributed by atoms with Gasteiger partial charge in [-0.05, 0) is 31.0 Å². The van der Waals surface area contributed by atoms with E-state index in [2.05, 4.69) is 6.08 Å². The second kappa shape index (κ2) is 5.92. The molecular weight excluding hydrogens is 292 g/mol. The Morgan fingerprint density at radius 3 is 2.95 bits per heavy atom. The second-order valence-electron chi connectivity index (χ2n) is 4.51. The largest absolute Gasteiger partial charge is 0.607 e. The average molecular weight is 305 g/mol. The van der Waals surface area contributed by atoms with Crippen LogP contribution in [0.3, 0.4) is 0 Å². The van der Waals surface area contributed by atoms with Gasteiger partial charge in [-0.2, -0.15) is 0 Å². The first-order valence-electron chi connectivity index (χ1n) is 6.36. The van der Waals surface area contributed by atoms with E-state index in [1.165, 1.54) is 6.26 Å². The maximum absolute atomic E-state index is 12.4. The van der Waals surface area contributed by atoms with Gasteiger partial charge in [0.15, 0.2) is 11.2 Å². The molecule has 1 unspecified atom stereocenters. The van der Waals surface area contributed by atoms with Crippen LogP contribution in [0.5, 0.6) is 0 Å². The summed E-state index contributed by atoms with van der Waals surface area (Å²) in [4.78, 5) is 0.691. The Morgan fingerprint density at radius 2 is 2.20 bits per heavy atom. The molecule has 102 valence electrons. The highest BCUT2D eigenvalue weighted by Gasteiger charge is 2.28. The summed E-state index contributed by atoms with van der Waals surface area (Å²) >= 11 is 4.82. The molecule has 4 heteroatoms. The first kappa shape index (κ1) is 13.6. The molecule has 1 aromatic rings. The van der Waals surface area contributed by atoms with Crippen LogP contribution in [0.15, 0.2) is 65.5 Å². The van der Waals surface area contributed by atoms with E-state index in [0.29, 0.717) is 15.7 Å². The molecule has 3 rings (SSSR count). The van der Waals surface area contributed by atoms with E-state index in [9.17, 15) is 4.55 Å². The van der Waals surface area contributed by atoms with Gasteiger partial charge in [-0.15, -0.1) is 0 Å². The third-order valence-electron chi connectivity index (χ3n) is 3.16. The van der Waals surface area contributed by atoms with Gasteiger partial charge < -0.3 is 9.29 Å². The van der Waals surface area contributed by atoms with Crippen molar-refractivity contribution in [2.75, 3.05) is 0 Å². The van der Waals surface area contributed by atoms with Gasteiger partial charge in [0.05, 0.1) is 0 Å². The second-order valence-corrected chi connectivity index (χ2v) is 6.23. The molecule has 0 amide bonds. The van der Waals surface area contributed by atoms with Gasteiger partial charge in [-0.25, -0.2) is 0 Å². The summed E-state index contributed by atoms with van der Waals surface area (Å²) < 4.78 is 18.0. The number of hydrogen-bond donors (Lipinski definition) is 0. The third kappa shape index (κ3) is 2.70. The Labute approximate surface area is 126 Å². The SMILES string of the molecule is [O-][S+]1C=COC(C2=CC=CCC2)=C1c1cccc(Cl)c1. The van der Waals surface area contributed by atoms with Gasteiger partial charge >= 0.3 is 0 Å². The first-order chi connectivity index (χ1) is 9.75. The summed E-state index contributed by atoms with van der Waals surface area (Å²) in [6.07, 6.45) is 9.49. The molecule has 0 N–H and O–H groups in total. The minimum atomic E-state index is -1.22. The van der Waals surface area contributed by atoms with E-state index in [0.717, 1.165) is 24.0 Å². The molecule has 0 spiro atoms. The number of ether oxygens (including phenoxy) is 1. The van der Waals surface area contributed by atoms with E-state index >= 15 is 0 Å². The normalized spacial score (nSPS) is 21.7. The molecule has 0 saturated carbocycles. The predicted octanol–water partition coefficient (Wildman–Crippen LogP) is 4.54. The van der Waals surface area contributed by atoms with Gasteiger partial charge in [0.1, 0.15) is 6.26 Å². The van der Waals surface area contributed by atoms with Crippen LogP contribution in [-0.4, -0.2) is 4.55 Å². The van der Waals surface area contributed by atoms with E-state index in [1.54, 1.807) is 11.5 Å². The van der Waals surface area contributed by atoms with Crippen LogP contribution in [0.4, 0.5) is 0 Å². The molecule has 1 atom stereocenters. The molecule has 0 bridgehead atoms. The molecule has 1 heterocycles. The number of rotatable bonds is 2. The van der Waals surface area contributed by atoms with Crippen molar-refractivity contribution in [2.45, 2.75) is 12.8 Å². The Bertz CT molecular complexity index is 644. The first-order valence-corrected chi connectivity index (χ1v) is 7.95. The molecule has 1 aliphatic carbocycles. The summed E-state index contributed by atoms with van der Waals surface area (Å²) in [6, 6.07) is 7.38. The Balaban J connectivity index is 2.11. The third-order valence-corrected chi connectivity index (χ3v) is 4.58. The number of benzene rings is 1. The lowest BCUT2D eigenvalue weighted by Crippen LogP contribution is -2.11. The van der Waals surface area contributed by atoms with Crippen LogP contribution >= 0.6 is 11.6 Å². The molecule has 2 aliphatic rings. The van der Waals surface area contributed by atoms with Gasteiger partial charge in [-0.3, -0.25) is 0 Å². The van der Waals surface area contributed by atoms with Gasteiger partial charge in [0.2, 0.25) is 4.91 Å². The number of hydrogen-bond acceptors (Lipinski definition) is 2. The molecule has 1 aromatic carbocycles. The molecule has 20 heavy (non-hydrogen) atoms. The number of halogens is 1. The topological polar surface area (TPSA) is 32.3 Å². The maximum Gasteiger partial charge on any atom is 0.208 e. The van der Waals surface area contributed by atoms with Crippen molar-refractivity contribution >= 4 is 27.7 Å². The zero-order valence-corrected chi connectivity index (χ0v) is 12.3. The van der Waals surface area contributed by atoms with Crippen molar-refractivity contribution in [1.82, 2.24) is 0 Å². The minimum Gasteiger partial charge on any atom is -0.607 e. The van der Waals surface area contributed by atoms with Crippen molar-refractivity contribution in [3.63, 3.8) is 0 Å². The number of allylic oxidation sites excluding steroid dienone is 4. The highest BCUT2D eigenvalue weighted by molar-refractivity contribution is 8.03. The van der Waals surface area contributed by atoms with Crippen molar-refractivity contribution in [3.05, 3.63) is 76.1 Å². The van der Waals surface area contributed by atoms with Crippen molar-refractivity contribution in [3.8, 4) is 0 Å². The predicted molar refractivity (Wildman–Crippen MR) is 83.2 cm³/mol. The maximum atomic E-state index is 12.4. The van der Waals surface area contributed by atoms with Crippen LogP contribution in [0.2, 0.25) is 5.02 Å². The molecule has 2 nitrogen and oxygen atoms in total. The van der Waals surface area contributed by atoms with E-state index in [4.69, 9.17) is 16.3 Å². The van der Waals surface area contributed by atoms with Crippen molar-refractivity contribution < 1.29 is 9.29 Å². The minimum absolute atomic E-state index is 0.624. The van der Waals surface area contributed by atoms with Crippen LogP contribution in [0.1, 0.15) is 18.4 Å². The van der Waals surface area contributed by atoms with Crippen molar-refractivity contribution in [1.29, 1.82) is 0 Å². The van der Waals surface area contributed by atoms with Gasteiger partial charge in [-0.1, -0.05) is 35.9 Å². The fraction of sp³-hybridized carbons (Fsp3) is 0.125. The van der Waals surface area contributed by atoms with Crippen LogP contribution in [-0.2, 0) is 15.9 Å². The highest BCUT2D eigenvalue weighted by atomic mass is 35.5. The summed E-state index contributed by atoms with van der Waals surface area (Å²) in [6.45, 7) is 0. The zero-order chi connectivity index (χ0) is 13.9. The molecule has 1 aliphatic heterocycles. The van der Waals surface area contributed by atoms with Gasteiger partial charge in [0.25, 0.3) is 0 Å². The van der Waals surface area contributed by atoms with E-state index < -0.39 is 11.2 Å². The molecule has 0 fully saturated rings. The summed E-state index contributed by atoms with van der Waals surface area (Å²) in [5.74, 6) is 0.692. The highest BCUT2D eigenvalue weighted by Crippen LogP contribution is 2.36. The molecule has 0 saturated heterocycles. The Morgan fingerprint density at radius 1 is 1.30 bits per heavy atom. The van der Waals surface area contributed by atoms with Crippen LogP contribution in [0.25, 0.3) is 4.91 Å². The molecule has 0 radical (unpaired) electrons. The fourth-order valence-electron chi connectivity index (χ4n) is 2.25. The molecular formula is C16H13ClO2S. The summed E-state index contributed by atoms with van der Waals surface area (Å²) in [5.41, 5.74) is 1.91. The van der Waals surface area contributed by atoms with Crippen LogP contribution < -0.4 is 0 Å². The fourth-order valence-corrected chi connectivity index (χ4v) is 3.45. The Hall–Kier alpha value is -1.42. The summed E-state index contributed by atoms with van der Waals surface area (Å²) in [7, 11) is 0. The molecule has 0 aromatic heterocycles. The van der Waals surface area contributed by atoms with E-state index in [-0.39, 0.29) is 0 Å². The van der Waals surface area contributed by atoms with Crippen molar-refractivity contribution in [2.24, 2.45) is 0 Å². The van der Waals surface area contributed by atoms with Crippen LogP contribution in [0, 0.1) is 0 Å². The average Bonchev–Trinajstić information content (AvgIpc) is 2.48. The standard InChI is InChI=1S/C16H13ClO2S/c17-14-8-4-7-13(11-14)16-15(19-9-10-20(16)18)12-5-2-1-3-6-12/h1-2,4-5,7-11H,3,6H2. The quantitative estimate of drug-likeness (QED) is 0.752. The smallest absolute Gasteiger partial charge is 0.208 e. The lowest BCUT2D eigenvalue weighted by atomic mass is 10.0. The summed E-state index contributed by atoms with van der Waals surface area (Å²) in [5, 5.41) is 2.18. The lowest BCUT2D eigenvalue weighted by molar-refractivity contribution is 0.359. The Kier molecular flexibility index (Phi) is 4.01.